The molecule has 3 rings (SSSR count). The van der Waals surface area contributed by atoms with Crippen LogP contribution in [0.25, 0.3) is 0 Å². The van der Waals surface area contributed by atoms with Crippen molar-refractivity contribution < 1.29 is 13.2 Å². The highest BCUT2D eigenvalue weighted by Gasteiger charge is 2.27. The number of hydrogen-bond donors (Lipinski definition) is 1. The zero-order chi connectivity index (χ0) is 22.4. The third-order valence-electron chi connectivity index (χ3n) is 5.07. The minimum absolute atomic E-state index is 0.111. The zero-order valence-electron chi connectivity index (χ0n) is 18.1. The van der Waals surface area contributed by atoms with E-state index in [0.717, 1.165) is 23.1 Å². The van der Waals surface area contributed by atoms with Gasteiger partial charge in [-0.25, -0.2) is 8.42 Å². The molecule has 6 heteroatoms. The number of benzene rings is 3. The van der Waals surface area contributed by atoms with E-state index >= 15 is 0 Å². The van der Waals surface area contributed by atoms with Crippen molar-refractivity contribution in [3.8, 4) is 0 Å². The molecule has 3 aromatic carbocycles. The molecule has 0 unspecified atom stereocenters. The lowest BCUT2D eigenvalue weighted by Crippen LogP contribution is -2.37. The summed E-state index contributed by atoms with van der Waals surface area (Å²) in [5.74, 6) is -0.382. The number of hydrogen-bond acceptors (Lipinski definition) is 3. The summed E-state index contributed by atoms with van der Waals surface area (Å²) < 4.78 is 27.9. The second kappa shape index (κ2) is 9.90. The first-order valence-corrected chi connectivity index (χ1v) is 11.7. The largest absolute Gasteiger partial charge is 0.325 e. The first-order chi connectivity index (χ1) is 14.8. The highest BCUT2D eigenvalue weighted by atomic mass is 32.2. The fraction of sp³-hybridized carbons (Fsp3) is 0.240. The smallest absolute Gasteiger partial charge is 0.243 e. The molecule has 0 aliphatic rings. The van der Waals surface area contributed by atoms with E-state index in [1.165, 1.54) is 9.87 Å². The van der Waals surface area contributed by atoms with Crippen molar-refractivity contribution in [2.24, 2.45) is 0 Å². The Bertz CT molecular complexity index is 1140. The molecule has 162 valence electrons. The maximum atomic E-state index is 13.4. The molecule has 3 aromatic rings. The van der Waals surface area contributed by atoms with Gasteiger partial charge >= 0.3 is 0 Å². The summed E-state index contributed by atoms with van der Waals surface area (Å²) in [6.45, 7) is 5.75. The van der Waals surface area contributed by atoms with Gasteiger partial charge in [0.1, 0.15) is 0 Å². The third-order valence-corrected chi connectivity index (χ3v) is 6.87. The van der Waals surface area contributed by atoms with E-state index in [1.54, 1.807) is 24.3 Å². The molecular formula is C25H28N2O3S. The second-order valence-electron chi connectivity index (χ2n) is 7.67. The van der Waals surface area contributed by atoms with Crippen molar-refractivity contribution in [1.29, 1.82) is 0 Å². The number of amides is 1. The Morgan fingerprint density at radius 2 is 1.55 bits per heavy atom. The average Bonchev–Trinajstić information content (AvgIpc) is 2.74. The Morgan fingerprint density at radius 3 is 2.16 bits per heavy atom. The minimum atomic E-state index is -3.85. The number of aryl methyl sites for hydroxylation is 3. The molecule has 0 aliphatic heterocycles. The number of anilines is 1. The van der Waals surface area contributed by atoms with Gasteiger partial charge in [-0.2, -0.15) is 4.31 Å². The lowest BCUT2D eigenvalue weighted by Gasteiger charge is -2.22. The van der Waals surface area contributed by atoms with Crippen LogP contribution in [-0.2, 0) is 27.8 Å². The van der Waals surface area contributed by atoms with Gasteiger partial charge in [-0.15, -0.1) is 0 Å². The SMILES string of the molecule is CCc1ccc(NC(=O)CN(Cc2cccc(C)c2)S(=O)(=O)c2ccc(C)cc2)cc1. The molecule has 0 saturated heterocycles. The summed E-state index contributed by atoms with van der Waals surface area (Å²) in [6.07, 6.45) is 0.910. The van der Waals surface area contributed by atoms with E-state index in [1.807, 2.05) is 62.4 Å². The minimum Gasteiger partial charge on any atom is -0.325 e. The van der Waals surface area contributed by atoms with Crippen molar-refractivity contribution in [3.63, 3.8) is 0 Å². The van der Waals surface area contributed by atoms with Crippen LogP contribution < -0.4 is 5.32 Å². The monoisotopic (exact) mass is 436 g/mol. The van der Waals surface area contributed by atoms with Crippen LogP contribution in [0.5, 0.6) is 0 Å². The fourth-order valence-corrected chi connectivity index (χ4v) is 4.67. The highest BCUT2D eigenvalue weighted by Crippen LogP contribution is 2.20. The van der Waals surface area contributed by atoms with E-state index in [2.05, 4.69) is 12.2 Å². The molecule has 1 N–H and O–H groups in total. The highest BCUT2D eigenvalue weighted by molar-refractivity contribution is 7.89. The molecule has 0 fully saturated rings. The van der Waals surface area contributed by atoms with Crippen LogP contribution >= 0.6 is 0 Å². The first-order valence-electron chi connectivity index (χ1n) is 10.3. The number of sulfonamides is 1. The fourth-order valence-electron chi connectivity index (χ4n) is 3.28. The van der Waals surface area contributed by atoms with Gasteiger partial charge in [0.15, 0.2) is 0 Å². The van der Waals surface area contributed by atoms with Gasteiger partial charge in [-0.1, -0.05) is 66.6 Å². The molecule has 0 heterocycles. The maximum Gasteiger partial charge on any atom is 0.243 e. The number of carbonyl (C=O) groups excluding carboxylic acids is 1. The maximum absolute atomic E-state index is 13.4. The molecule has 0 saturated carbocycles. The van der Waals surface area contributed by atoms with E-state index in [0.29, 0.717) is 5.69 Å². The topological polar surface area (TPSA) is 66.5 Å². The Balaban J connectivity index is 1.85. The van der Waals surface area contributed by atoms with Crippen LogP contribution in [0, 0.1) is 13.8 Å². The molecule has 0 spiro atoms. The number of carbonyl (C=O) groups is 1. The van der Waals surface area contributed by atoms with Gasteiger partial charge < -0.3 is 5.32 Å². The normalized spacial score (nSPS) is 11.5. The summed E-state index contributed by atoms with van der Waals surface area (Å²) in [5.41, 5.74) is 4.64. The second-order valence-corrected chi connectivity index (χ2v) is 9.61. The van der Waals surface area contributed by atoms with Crippen LogP contribution in [-0.4, -0.2) is 25.2 Å². The van der Waals surface area contributed by atoms with Gasteiger partial charge in [-0.3, -0.25) is 4.79 Å². The van der Waals surface area contributed by atoms with E-state index in [-0.39, 0.29) is 23.9 Å². The van der Waals surface area contributed by atoms with Crippen molar-refractivity contribution in [1.82, 2.24) is 4.31 Å². The number of nitrogens with zero attached hydrogens (tertiary/aromatic N) is 1. The van der Waals surface area contributed by atoms with Crippen LogP contribution in [0.15, 0.2) is 77.7 Å². The van der Waals surface area contributed by atoms with Crippen LogP contribution in [0.1, 0.15) is 29.2 Å². The summed E-state index contributed by atoms with van der Waals surface area (Å²) in [5, 5.41) is 2.81. The molecule has 5 nitrogen and oxygen atoms in total. The molecule has 0 radical (unpaired) electrons. The molecular weight excluding hydrogens is 408 g/mol. The van der Waals surface area contributed by atoms with E-state index in [9.17, 15) is 13.2 Å². The van der Waals surface area contributed by atoms with Crippen molar-refractivity contribution in [3.05, 3.63) is 95.1 Å². The van der Waals surface area contributed by atoms with Gasteiger partial charge in [0.25, 0.3) is 0 Å². The molecule has 0 aromatic heterocycles. The van der Waals surface area contributed by atoms with Crippen LogP contribution in [0.4, 0.5) is 5.69 Å². The average molecular weight is 437 g/mol. The van der Waals surface area contributed by atoms with Gasteiger partial charge in [0, 0.05) is 12.2 Å². The lowest BCUT2D eigenvalue weighted by atomic mass is 10.1. The molecule has 1 amide bonds. The molecule has 31 heavy (non-hydrogen) atoms. The van der Waals surface area contributed by atoms with Gasteiger partial charge in [0.05, 0.1) is 11.4 Å². The molecule has 0 bridgehead atoms. The lowest BCUT2D eigenvalue weighted by molar-refractivity contribution is -0.116. The Labute approximate surface area is 184 Å². The van der Waals surface area contributed by atoms with Crippen molar-refractivity contribution >= 4 is 21.6 Å². The molecule has 0 atom stereocenters. The molecule has 0 aliphatic carbocycles. The number of nitrogens with one attached hydrogen (secondary N) is 1. The summed E-state index contributed by atoms with van der Waals surface area (Å²) >= 11 is 0. The van der Waals surface area contributed by atoms with Crippen molar-refractivity contribution in [2.45, 2.75) is 38.6 Å². The third kappa shape index (κ3) is 6.03. The predicted octanol–water partition coefficient (Wildman–Crippen LogP) is 4.70. The number of rotatable bonds is 8. The van der Waals surface area contributed by atoms with Crippen LogP contribution in [0.2, 0.25) is 0 Å². The Hall–Kier alpha value is -2.96. The van der Waals surface area contributed by atoms with Crippen molar-refractivity contribution in [2.75, 3.05) is 11.9 Å². The standard InChI is InChI=1S/C25H28N2O3S/c1-4-21-10-12-23(13-11-21)26-25(28)18-27(17-22-7-5-6-20(3)16-22)31(29,30)24-14-8-19(2)9-15-24/h5-16H,4,17-18H2,1-3H3,(H,26,28). The van der Waals surface area contributed by atoms with E-state index in [4.69, 9.17) is 0 Å². The summed E-state index contributed by atoms with van der Waals surface area (Å²) in [4.78, 5) is 12.9. The van der Waals surface area contributed by atoms with Crippen LogP contribution in [0.3, 0.4) is 0 Å². The Morgan fingerprint density at radius 1 is 0.871 bits per heavy atom. The quantitative estimate of drug-likeness (QED) is 0.557. The first kappa shape index (κ1) is 22.7. The van der Waals surface area contributed by atoms with Gasteiger partial charge in [0.2, 0.25) is 15.9 Å². The van der Waals surface area contributed by atoms with Gasteiger partial charge in [-0.05, 0) is 55.7 Å². The summed E-state index contributed by atoms with van der Waals surface area (Å²) in [6, 6.07) is 21.9. The Kier molecular flexibility index (Phi) is 7.25. The van der Waals surface area contributed by atoms with E-state index < -0.39 is 10.0 Å². The zero-order valence-corrected chi connectivity index (χ0v) is 18.9. The predicted molar refractivity (Wildman–Crippen MR) is 124 cm³/mol. The summed E-state index contributed by atoms with van der Waals surface area (Å²) in [7, 11) is -3.85.